The molecule has 0 heterocycles. The molecule has 442 valence electrons. The number of carbonyl (C=O) groups excluding carboxylic acids is 2. The van der Waals surface area contributed by atoms with Crippen LogP contribution in [-0.2, 0) is 14.3 Å². The first-order valence-electron chi connectivity index (χ1n) is 33.8. The van der Waals surface area contributed by atoms with Crippen LogP contribution in [0, 0.1) is 0 Å². The van der Waals surface area contributed by atoms with Crippen molar-refractivity contribution in [1.29, 1.82) is 0 Å². The molecule has 0 aliphatic carbocycles. The molecule has 0 saturated heterocycles. The van der Waals surface area contributed by atoms with E-state index in [4.69, 9.17) is 4.74 Å². The lowest BCUT2D eigenvalue weighted by Gasteiger charge is -2.20. The van der Waals surface area contributed by atoms with Crippen LogP contribution in [0.2, 0.25) is 0 Å². The normalized spacial score (nSPS) is 12.7. The van der Waals surface area contributed by atoms with Crippen LogP contribution < -0.4 is 5.32 Å². The Hall–Kier alpha value is -1.92. The van der Waals surface area contributed by atoms with E-state index in [0.717, 1.165) is 44.9 Å². The molecule has 0 aliphatic heterocycles. The lowest BCUT2D eigenvalue weighted by molar-refractivity contribution is -0.143. The van der Waals surface area contributed by atoms with Crippen molar-refractivity contribution >= 4 is 11.9 Å². The predicted octanol–water partition coefficient (Wildman–Crippen LogP) is 21.5. The number of unbranched alkanes of at least 4 members (excludes halogenated alkanes) is 48. The van der Waals surface area contributed by atoms with E-state index in [9.17, 15) is 19.8 Å². The quantitative estimate of drug-likeness (QED) is 0.0320. The minimum absolute atomic E-state index is 0.0111. The van der Waals surface area contributed by atoms with Gasteiger partial charge in [0.1, 0.15) is 0 Å². The molecule has 6 nitrogen and oxygen atoms in total. The highest BCUT2D eigenvalue weighted by atomic mass is 16.5. The largest absolute Gasteiger partial charge is 0.466 e. The molecule has 0 aromatic heterocycles. The zero-order chi connectivity index (χ0) is 54.3. The molecule has 3 N–H and O–H groups in total. The molecule has 2 unspecified atom stereocenters. The van der Waals surface area contributed by atoms with Crippen LogP contribution >= 0.6 is 0 Å². The molecule has 0 saturated carbocycles. The van der Waals surface area contributed by atoms with Crippen LogP contribution in [0.25, 0.3) is 0 Å². The summed E-state index contributed by atoms with van der Waals surface area (Å²) in [5, 5.41) is 23.0. The van der Waals surface area contributed by atoms with Crippen molar-refractivity contribution in [3.05, 3.63) is 36.5 Å². The first-order valence-corrected chi connectivity index (χ1v) is 33.8. The molecule has 75 heavy (non-hydrogen) atoms. The molecule has 6 heteroatoms. The van der Waals surface area contributed by atoms with Gasteiger partial charge < -0.3 is 20.3 Å². The second-order valence-electron chi connectivity index (χ2n) is 23.1. The molecule has 0 aliphatic rings. The average Bonchev–Trinajstić information content (AvgIpc) is 3.41. The molecule has 0 bridgehead atoms. The zero-order valence-corrected chi connectivity index (χ0v) is 50.5. The van der Waals surface area contributed by atoms with E-state index in [-0.39, 0.29) is 18.5 Å². The van der Waals surface area contributed by atoms with Gasteiger partial charge in [-0.25, -0.2) is 0 Å². The number of amides is 1. The fourth-order valence-electron chi connectivity index (χ4n) is 10.4. The number of esters is 1. The number of allylic oxidation sites excluding steroid dienone is 5. The van der Waals surface area contributed by atoms with Crippen LogP contribution in [0.5, 0.6) is 0 Å². The zero-order valence-electron chi connectivity index (χ0n) is 50.5. The Morgan fingerprint density at radius 1 is 0.360 bits per heavy atom. The number of hydrogen-bond donors (Lipinski definition) is 3. The van der Waals surface area contributed by atoms with E-state index in [0.29, 0.717) is 19.4 Å². The van der Waals surface area contributed by atoms with Gasteiger partial charge in [0.05, 0.1) is 25.4 Å². The van der Waals surface area contributed by atoms with Gasteiger partial charge in [0.25, 0.3) is 0 Å². The standard InChI is InChI=1S/C69H131NO5/c1-3-5-7-9-11-13-14-15-16-37-40-43-47-51-55-59-63-69(74)75-64-60-56-52-48-44-41-38-35-33-31-29-27-25-23-21-19-17-18-20-22-24-26-28-30-32-34-36-39-42-46-50-54-58-62-68(73)70-66(65-71)67(72)61-57-53-49-45-12-10-8-6-4-2/h16,21,23,37,57,61,66-67,71-72H,3-15,17-20,22,24-36,38-56,58-60,62-65H2,1-2H3,(H,70,73)/b23-21-,37-16-,61-57+. The Kier molecular flexibility index (Phi) is 63.0. The number of aliphatic hydroxyl groups excluding tert-OH is 2. The minimum atomic E-state index is -0.840. The van der Waals surface area contributed by atoms with E-state index in [1.54, 1.807) is 6.08 Å². The highest BCUT2D eigenvalue weighted by molar-refractivity contribution is 5.76. The SMILES string of the molecule is CCCCCCCCC/C=C\CCCCCCCC(=O)OCCCCCCCCCCCCCC/C=C\CCCCCCCCCCCCCCCCCCCC(=O)NC(CO)C(O)/C=C/CCCCCCCCC. The molecule has 1 amide bonds. The van der Waals surface area contributed by atoms with Crippen molar-refractivity contribution in [3.63, 3.8) is 0 Å². The maximum Gasteiger partial charge on any atom is 0.305 e. The van der Waals surface area contributed by atoms with Crippen LogP contribution in [0.15, 0.2) is 36.5 Å². The van der Waals surface area contributed by atoms with Gasteiger partial charge in [0.15, 0.2) is 0 Å². The fraction of sp³-hybridized carbons (Fsp3) is 0.884. The summed E-state index contributed by atoms with van der Waals surface area (Å²) in [4.78, 5) is 24.5. The number of ether oxygens (including phenoxy) is 1. The van der Waals surface area contributed by atoms with Crippen LogP contribution in [0.4, 0.5) is 0 Å². The van der Waals surface area contributed by atoms with Gasteiger partial charge >= 0.3 is 5.97 Å². The van der Waals surface area contributed by atoms with Gasteiger partial charge in [-0.2, -0.15) is 0 Å². The Labute approximate surface area is 468 Å². The van der Waals surface area contributed by atoms with Gasteiger partial charge in [-0.1, -0.05) is 307 Å². The van der Waals surface area contributed by atoms with Crippen molar-refractivity contribution in [1.82, 2.24) is 5.32 Å². The molecule has 2 atom stereocenters. The van der Waals surface area contributed by atoms with E-state index >= 15 is 0 Å². The number of aliphatic hydroxyl groups is 2. The summed E-state index contributed by atoms with van der Waals surface area (Å²) < 4.78 is 5.49. The molecule has 0 spiro atoms. The Balaban J connectivity index is 3.33. The maximum atomic E-state index is 12.4. The highest BCUT2D eigenvalue weighted by Gasteiger charge is 2.18. The number of carbonyl (C=O) groups is 2. The van der Waals surface area contributed by atoms with Crippen molar-refractivity contribution < 1.29 is 24.5 Å². The van der Waals surface area contributed by atoms with Gasteiger partial charge in [0.2, 0.25) is 5.91 Å². The van der Waals surface area contributed by atoms with Crippen molar-refractivity contribution in [2.45, 2.75) is 379 Å². The minimum Gasteiger partial charge on any atom is -0.466 e. The van der Waals surface area contributed by atoms with Crippen LogP contribution in [-0.4, -0.2) is 47.4 Å². The first-order chi connectivity index (χ1) is 37.0. The number of hydrogen-bond acceptors (Lipinski definition) is 5. The third kappa shape index (κ3) is 61.2. The van der Waals surface area contributed by atoms with E-state index in [1.807, 2.05) is 6.08 Å². The third-order valence-corrected chi connectivity index (χ3v) is 15.6. The van der Waals surface area contributed by atoms with E-state index < -0.39 is 12.1 Å². The summed E-state index contributed by atoms with van der Waals surface area (Å²) in [6.45, 7) is 4.89. The van der Waals surface area contributed by atoms with Gasteiger partial charge in [-0.15, -0.1) is 0 Å². The van der Waals surface area contributed by atoms with E-state index in [2.05, 4.69) is 43.5 Å². The summed E-state index contributed by atoms with van der Waals surface area (Å²) in [5.74, 6) is -0.0556. The topological polar surface area (TPSA) is 95.9 Å². The smallest absolute Gasteiger partial charge is 0.305 e. The van der Waals surface area contributed by atoms with E-state index in [1.165, 1.54) is 295 Å². The number of rotatable bonds is 63. The maximum absolute atomic E-state index is 12.4. The Morgan fingerprint density at radius 3 is 0.947 bits per heavy atom. The Bertz CT molecular complexity index is 1210. The summed E-state index contributed by atoms with van der Waals surface area (Å²) in [7, 11) is 0. The molecule has 0 aromatic rings. The molecule has 0 radical (unpaired) electrons. The van der Waals surface area contributed by atoms with Gasteiger partial charge in [0, 0.05) is 12.8 Å². The average molecular weight is 1050 g/mol. The molecule has 0 aromatic carbocycles. The summed E-state index contributed by atoms with van der Waals surface area (Å²) in [6.07, 6.45) is 82.4. The summed E-state index contributed by atoms with van der Waals surface area (Å²) >= 11 is 0. The monoisotopic (exact) mass is 1050 g/mol. The Morgan fingerprint density at radius 2 is 0.627 bits per heavy atom. The summed E-state index contributed by atoms with van der Waals surface area (Å²) in [6, 6.07) is -0.623. The van der Waals surface area contributed by atoms with Crippen LogP contribution in [0.1, 0.15) is 367 Å². The molecular formula is C69H131NO5. The molecule has 0 rings (SSSR count). The molecular weight excluding hydrogens is 923 g/mol. The summed E-state index contributed by atoms with van der Waals surface area (Å²) in [5.41, 5.74) is 0. The highest BCUT2D eigenvalue weighted by Crippen LogP contribution is 2.18. The predicted molar refractivity (Wildman–Crippen MR) is 329 cm³/mol. The third-order valence-electron chi connectivity index (χ3n) is 15.6. The van der Waals surface area contributed by atoms with Crippen molar-refractivity contribution in [3.8, 4) is 0 Å². The van der Waals surface area contributed by atoms with Crippen LogP contribution in [0.3, 0.4) is 0 Å². The van der Waals surface area contributed by atoms with Crippen molar-refractivity contribution in [2.24, 2.45) is 0 Å². The lowest BCUT2D eigenvalue weighted by Crippen LogP contribution is -2.45. The van der Waals surface area contributed by atoms with Gasteiger partial charge in [-0.3, -0.25) is 9.59 Å². The first kappa shape index (κ1) is 73.1. The number of nitrogens with one attached hydrogen (secondary N) is 1. The lowest BCUT2D eigenvalue weighted by atomic mass is 10.0. The molecule has 0 fully saturated rings. The van der Waals surface area contributed by atoms with Gasteiger partial charge in [-0.05, 0) is 83.5 Å². The second kappa shape index (κ2) is 64.6. The fourth-order valence-corrected chi connectivity index (χ4v) is 10.4. The van der Waals surface area contributed by atoms with Crippen molar-refractivity contribution in [2.75, 3.05) is 13.2 Å². The second-order valence-corrected chi connectivity index (χ2v) is 23.1.